The number of hydrogen-bond donors (Lipinski definition) is 2. The molecule has 4 aromatic carbocycles. The molecule has 0 saturated heterocycles. The predicted molar refractivity (Wildman–Crippen MR) is 186 cm³/mol. The Morgan fingerprint density at radius 3 is 1.32 bits per heavy atom. The van der Waals surface area contributed by atoms with Gasteiger partial charge < -0.3 is 29.6 Å². The second kappa shape index (κ2) is 21.2. The smallest absolute Gasteiger partial charge is 0.410 e. The quantitative estimate of drug-likeness (QED) is 0.0669. The minimum absolute atomic E-state index is 0.000822. The maximum Gasteiger partial charge on any atom is 0.410 e. The van der Waals surface area contributed by atoms with E-state index in [2.05, 4.69) is 10.6 Å². The molecular weight excluding hydrogens is 638 g/mol. The minimum Gasteiger partial charge on any atom is -0.459 e. The first kappa shape index (κ1) is 37.0. The predicted octanol–water partition coefficient (Wildman–Crippen LogP) is 6.76. The fourth-order valence-corrected chi connectivity index (χ4v) is 4.88. The second-order valence-corrected chi connectivity index (χ2v) is 11.3. The Morgan fingerprint density at radius 1 is 0.500 bits per heavy atom. The zero-order valence-electron chi connectivity index (χ0n) is 27.9. The normalized spacial score (nSPS) is 11.0. The first-order valence-electron chi connectivity index (χ1n) is 16.5. The number of esters is 1. The van der Waals surface area contributed by atoms with Crippen LogP contribution in [0.2, 0.25) is 0 Å². The second-order valence-electron chi connectivity index (χ2n) is 11.3. The van der Waals surface area contributed by atoms with Gasteiger partial charge in [-0.15, -0.1) is 0 Å². The highest BCUT2D eigenvalue weighted by molar-refractivity contribution is 5.81. The number of rotatable bonds is 18. The Hall–Kier alpha value is -5.84. The number of amides is 3. The van der Waals surface area contributed by atoms with Crippen LogP contribution in [0, 0.1) is 0 Å². The molecule has 11 heteroatoms. The van der Waals surface area contributed by atoms with Crippen molar-refractivity contribution in [3.63, 3.8) is 0 Å². The van der Waals surface area contributed by atoms with E-state index in [9.17, 15) is 19.2 Å². The molecule has 3 amide bonds. The Labute approximate surface area is 292 Å². The third-order valence-corrected chi connectivity index (χ3v) is 7.51. The number of carbonyl (C=O) groups is 4. The molecule has 50 heavy (non-hydrogen) atoms. The first-order valence-corrected chi connectivity index (χ1v) is 16.5. The van der Waals surface area contributed by atoms with E-state index in [1.165, 1.54) is 4.90 Å². The van der Waals surface area contributed by atoms with E-state index in [4.69, 9.17) is 18.9 Å². The summed E-state index contributed by atoms with van der Waals surface area (Å²) in [5.41, 5.74) is 3.28. The lowest BCUT2D eigenvalue weighted by atomic mass is 10.1. The molecule has 0 aliphatic heterocycles. The maximum absolute atomic E-state index is 13.6. The molecule has 0 heterocycles. The third kappa shape index (κ3) is 13.7. The van der Waals surface area contributed by atoms with Crippen LogP contribution in [0.25, 0.3) is 0 Å². The summed E-state index contributed by atoms with van der Waals surface area (Å²) in [6.45, 7) is 0.700. The summed E-state index contributed by atoms with van der Waals surface area (Å²) in [7, 11) is 0. The summed E-state index contributed by atoms with van der Waals surface area (Å²) in [5, 5.41) is 5.39. The van der Waals surface area contributed by atoms with Crippen molar-refractivity contribution in [2.24, 2.45) is 0 Å². The van der Waals surface area contributed by atoms with Crippen molar-refractivity contribution in [1.29, 1.82) is 0 Å². The summed E-state index contributed by atoms with van der Waals surface area (Å²) in [6, 6.07) is 36.0. The van der Waals surface area contributed by atoms with Crippen LogP contribution in [-0.4, -0.2) is 54.8 Å². The molecular formula is C39H43N3O8. The van der Waals surface area contributed by atoms with Crippen molar-refractivity contribution in [3.8, 4) is 0 Å². The van der Waals surface area contributed by atoms with Crippen molar-refractivity contribution >= 4 is 24.2 Å². The molecule has 0 bridgehead atoms. The summed E-state index contributed by atoms with van der Waals surface area (Å²) < 4.78 is 21.9. The molecule has 1 unspecified atom stereocenters. The summed E-state index contributed by atoms with van der Waals surface area (Å²) in [5.74, 6) is -0.618. The van der Waals surface area contributed by atoms with Gasteiger partial charge in [-0.05, 0) is 41.5 Å². The number of nitrogens with one attached hydrogen (secondary N) is 2. The number of nitrogens with zero attached hydrogens (tertiary/aromatic N) is 1. The van der Waals surface area contributed by atoms with Gasteiger partial charge in [0.1, 0.15) is 32.5 Å². The Morgan fingerprint density at radius 2 is 0.880 bits per heavy atom. The maximum atomic E-state index is 13.6. The first-order chi connectivity index (χ1) is 24.5. The van der Waals surface area contributed by atoms with Gasteiger partial charge in [0.05, 0.1) is 0 Å². The van der Waals surface area contributed by atoms with E-state index in [-0.39, 0.29) is 52.5 Å². The summed E-state index contributed by atoms with van der Waals surface area (Å²) in [4.78, 5) is 53.1. The Balaban J connectivity index is 1.38. The molecule has 0 fully saturated rings. The van der Waals surface area contributed by atoms with Crippen LogP contribution in [0.4, 0.5) is 14.4 Å². The van der Waals surface area contributed by atoms with Crippen LogP contribution < -0.4 is 10.6 Å². The van der Waals surface area contributed by atoms with E-state index in [0.29, 0.717) is 12.8 Å². The van der Waals surface area contributed by atoms with Gasteiger partial charge in [0.2, 0.25) is 0 Å². The SMILES string of the molecule is O=C(NCCCC(C(=O)OCc1ccccc1)N(CCCNC(=O)OCc1ccccc1)C(=O)OCc1ccccc1)OCc1ccccc1. The Kier molecular flexibility index (Phi) is 15.7. The average molecular weight is 682 g/mol. The molecule has 0 aromatic heterocycles. The third-order valence-electron chi connectivity index (χ3n) is 7.51. The molecule has 262 valence electrons. The zero-order chi connectivity index (χ0) is 35.2. The van der Waals surface area contributed by atoms with Crippen molar-refractivity contribution in [1.82, 2.24) is 15.5 Å². The van der Waals surface area contributed by atoms with Crippen LogP contribution in [0.3, 0.4) is 0 Å². The van der Waals surface area contributed by atoms with Gasteiger partial charge in [0.15, 0.2) is 0 Å². The molecule has 0 spiro atoms. The molecule has 4 aromatic rings. The molecule has 0 radical (unpaired) electrons. The fourth-order valence-electron chi connectivity index (χ4n) is 4.88. The fraction of sp³-hybridized carbons (Fsp3) is 0.282. The van der Waals surface area contributed by atoms with Gasteiger partial charge in [-0.2, -0.15) is 0 Å². The lowest BCUT2D eigenvalue weighted by Gasteiger charge is -2.30. The standard InChI is InChI=1S/C39H43N3O8/c43-36(47-27-31-15-5-1-6-16-31)35(23-13-24-40-37(44)48-28-32-17-7-2-8-18-32)42(39(46)50-30-34-21-11-4-12-22-34)26-14-25-41-38(45)49-29-33-19-9-3-10-20-33/h1-12,15-22,35H,13-14,23-30H2,(H,40,44)(H,41,45). The van der Waals surface area contributed by atoms with E-state index in [0.717, 1.165) is 22.3 Å². The highest BCUT2D eigenvalue weighted by Gasteiger charge is 2.32. The van der Waals surface area contributed by atoms with Crippen molar-refractivity contribution in [2.75, 3.05) is 19.6 Å². The van der Waals surface area contributed by atoms with Gasteiger partial charge >= 0.3 is 24.2 Å². The van der Waals surface area contributed by atoms with Gasteiger partial charge in [0, 0.05) is 19.6 Å². The molecule has 0 aliphatic rings. The van der Waals surface area contributed by atoms with Crippen LogP contribution >= 0.6 is 0 Å². The summed E-state index contributed by atoms with van der Waals surface area (Å²) in [6.07, 6.45) is -1.11. The number of benzene rings is 4. The lowest BCUT2D eigenvalue weighted by molar-refractivity contribution is -0.151. The van der Waals surface area contributed by atoms with Gasteiger partial charge in [-0.1, -0.05) is 121 Å². The molecule has 4 rings (SSSR count). The molecule has 2 N–H and O–H groups in total. The number of ether oxygens (including phenoxy) is 4. The molecule has 11 nitrogen and oxygen atoms in total. The zero-order valence-corrected chi connectivity index (χ0v) is 27.9. The number of alkyl carbamates (subject to hydrolysis) is 2. The summed E-state index contributed by atoms with van der Waals surface area (Å²) >= 11 is 0. The van der Waals surface area contributed by atoms with E-state index in [1.54, 1.807) is 0 Å². The van der Waals surface area contributed by atoms with Gasteiger partial charge in [-0.25, -0.2) is 19.2 Å². The van der Waals surface area contributed by atoms with Crippen LogP contribution in [0.1, 0.15) is 41.5 Å². The van der Waals surface area contributed by atoms with Gasteiger partial charge in [-0.3, -0.25) is 4.90 Å². The van der Waals surface area contributed by atoms with Crippen molar-refractivity contribution < 1.29 is 38.1 Å². The molecule has 1 atom stereocenters. The molecule has 0 aliphatic carbocycles. The van der Waals surface area contributed by atoms with Gasteiger partial charge in [0.25, 0.3) is 0 Å². The van der Waals surface area contributed by atoms with Crippen molar-refractivity contribution in [2.45, 2.75) is 51.7 Å². The minimum atomic E-state index is -1.03. The lowest BCUT2D eigenvalue weighted by Crippen LogP contribution is -2.47. The van der Waals surface area contributed by atoms with Crippen molar-refractivity contribution in [3.05, 3.63) is 144 Å². The topological polar surface area (TPSA) is 133 Å². The monoisotopic (exact) mass is 681 g/mol. The van der Waals surface area contributed by atoms with Crippen LogP contribution in [0.5, 0.6) is 0 Å². The van der Waals surface area contributed by atoms with E-state index >= 15 is 0 Å². The highest BCUT2D eigenvalue weighted by Crippen LogP contribution is 2.15. The van der Waals surface area contributed by atoms with E-state index < -0.39 is 30.3 Å². The largest absolute Gasteiger partial charge is 0.459 e. The Bertz CT molecular complexity index is 1470. The van der Waals surface area contributed by atoms with Crippen LogP contribution in [0.15, 0.2) is 121 Å². The number of hydrogen-bond acceptors (Lipinski definition) is 8. The van der Waals surface area contributed by atoms with Crippen LogP contribution in [-0.2, 0) is 50.2 Å². The number of carbonyl (C=O) groups excluding carboxylic acids is 4. The highest BCUT2D eigenvalue weighted by atomic mass is 16.6. The molecule has 0 saturated carbocycles. The average Bonchev–Trinajstić information content (AvgIpc) is 3.16. The van der Waals surface area contributed by atoms with E-state index in [1.807, 2.05) is 121 Å².